The molecule has 3 aliphatic carbocycles. The van der Waals surface area contributed by atoms with Crippen LogP contribution in [0.2, 0.25) is 0 Å². The third-order valence-electron chi connectivity index (χ3n) is 7.66. The van der Waals surface area contributed by atoms with Gasteiger partial charge in [0.05, 0.1) is 0 Å². The highest BCUT2D eigenvalue weighted by Gasteiger charge is 2.53. The maximum Gasteiger partial charge on any atom is 0.273 e. The highest BCUT2D eigenvalue weighted by molar-refractivity contribution is 5.95. The van der Waals surface area contributed by atoms with Crippen LogP contribution in [-0.4, -0.2) is 46.2 Å². The summed E-state index contributed by atoms with van der Waals surface area (Å²) in [6, 6.07) is 5.45. The van der Waals surface area contributed by atoms with Gasteiger partial charge in [0.25, 0.3) is 11.8 Å². The van der Waals surface area contributed by atoms with Crippen molar-refractivity contribution in [2.45, 2.75) is 52.9 Å². The molecule has 0 unspecified atom stereocenters. The Morgan fingerprint density at radius 2 is 2.10 bits per heavy atom. The molecule has 2 heterocycles. The number of carbonyl (C=O) groups is 2. The summed E-state index contributed by atoms with van der Waals surface area (Å²) in [6.45, 7) is 8.28. The van der Waals surface area contributed by atoms with Gasteiger partial charge in [-0.25, -0.2) is 4.98 Å². The van der Waals surface area contributed by atoms with Crippen LogP contribution in [0.4, 0.5) is 0 Å². The number of nitrogens with one attached hydrogen (secondary N) is 1. The van der Waals surface area contributed by atoms with E-state index < -0.39 is 0 Å². The Kier molecular flexibility index (Phi) is 5.60. The lowest BCUT2D eigenvalue weighted by molar-refractivity contribution is -0.103. The van der Waals surface area contributed by atoms with Gasteiger partial charge in [-0.1, -0.05) is 33.3 Å². The number of imidazole rings is 1. The summed E-state index contributed by atoms with van der Waals surface area (Å²) in [4.78, 5) is 31.8. The van der Waals surface area contributed by atoms with Gasteiger partial charge in [0.15, 0.2) is 0 Å². The predicted octanol–water partition coefficient (Wildman–Crippen LogP) is 4.01. The van der Waals surface area contributed by atoms with Crippen molar-refractivity contribution < 1.29 is 9.59 Å². The molecule has 2 aromatic rings. The van der Waals surface area contributed by atoms with Gasteiger partial charge >= 0.3 is 0 Å². The zero-order chi connectivity index (χ0) is 21.5. The van der Waals surface area contributed by atoms with Crippen LogP contribution in [-0.2, 0) is 0 Å². The van der Waals surface area contributed by atoms with Crippen LogP contribution in [0.3, 0.4) is 0 Å². The summed E-state index contributed by atoms with van der Waals surface area (Å²) >= 11 is 0. The molecule has 6 nitrogen and oxygen atoms in total. The molecule has 2 amide bonds. The summed E-state index contributed by atoms with van der Waals surface area (Å²) in [5, 5.41) is 3.16. The number of pyridine rings is 1. The Labute approximate surface area is 179 Å². The Morgan fingerprint density at radius 1 is 1.30 bits per heavy atom. The summed E-state index contributed by atoms with van der Waals surface area (Å²) in [5.41, 5.74) is 1.94. The summed E-state index contributed by atoms with van der Waals surface area (Å²) < 4.78 is 1.74. The van der Waals surface area contributed by atoms with E-state index >= 15 is 0 Å². The molecule has 0 aliphatic heterocycles. The minimum Gasteiger partial charge on any atom is -0.350 e. The fourth-order valence-corrected chi connectivity index (χ4v) is 5.51. The van der Waals surface area contributed by atoms with Crippen molar-refractivity contribution in [2.24, 2.45) is 23.2 Å². The van der Waals surface area contributed by atoms with Crippen molar-refractivity contribution in [3.05, 3.63) is 35.8 Å². The van der Waals surface area contributed by atoms with Gasteiger partial charge in [-0.3, -0.25) is 14.0 Å². The summed E-state index contributed by atoms with van der Waals surface area (Å²) in [5.74, 6) is 1.92. The van der Waals surface area contributed by atoms with Crippen molar-refractivity contribution in [3.63, 3.8) is 0 Å². The maximum absolute atomic E-state index is 13.0. The molecule has 1 N–H and O–H groups in total. The number of hydrogen-bond acceptors (Lipinski definition) is 3. The summed E-state index contributed by atoms with van der Waals surface area (Å²) in [6.07, 6.45) is 7.47. The molecule has 3 fully saturated rings. The monoisotopic (exact) mass is 410 g/mol. The van der Waals surface area contributed by atoms with E-state index in [0.29, 0.717) is 40.8 Å². The highest BCUT2D eigenvalue weighted by atomic mass is 16.2. The van der Waals surface area contributed by atoms with Crippen LogP contribution in [0.15, 0.2) is 24.4 Å². The Bertz CT molecular complexity index is 946. The fraction of sp³-hybridized carbons (Fsp3) is 0.625. The zero-order valence-corrected chi connectivity index (χ0v) is 18.6. The number of amides is 2. The van der Waals surface area contributed by atoms with Crippen molar-refractivity contribution >= 4 is 17.5 Å². The molecule has 0 saturated heterocycles. The zero-order valence-electron chi connectivity index (χ0n) is 18.6. The largest absolute Gasteiger partial charge is 0.350 e. The van der Waals surface area contributed by atoms with Crippen LogP contribution in [0.25, 0.3) is 5.65 Å². The van der Waals surface area contributed by atoms with E-state index in [2.05, 4.69) is 31.1 Å². The number of carbonyl (C=O) groups excluding carboxylic acids is 2. The molecule has 0 aromatic carbocycles. The van der Waals surface area contributed by atoms with Crippen molar-refractivity contribution in [1.29, 1.82) is 0 Å². The number of rotatable bonds is 7. The van der Waals surface area contributed by atoms with Gasteiger partial charge in [-0.2, -0.15) is 0 Å². The molecule has 2 bridgehead atoms. The van der Waals surface area contributed by atoms with Crippen LogP contribution in [0.1, 0.15) is 73.9 Å². The average molecular weight is 411 g/mol. The molecule has 5 rings (SSSR count). The quantitative estimate of drug-likeness (QED) is 0.750. The van der Waals surface area contributed by atoms with Crippen LogP contribution < -0.4 is 5.32 Å². The molecular weight excluding hydrogens is 376 g/mol. The van der Waals surface area contributed by atoms with E-state index in [-0.39, 0.29) is 11.8 Å². The summed E-state index contributed by atoms with van der Waals surface area (Å²) in [7, 11) is 1.80. The topological polar surface area (TPSA) is 66.7 Å². The molecule has 162 valence electrons. The minimum absolute atomic E-state index is 0.101. The average Bonchev–Trinajstić information content (AvgIpc) is 3.19. The molecule has 0 radical (unpaired) electrons. The number of fused-ring (bicyclic) bond motifs is 3. The second kappa shape index (κ2) is 8.05. The lowest BCUT2D eigenvalue weighted by Gasteiger charge is -2.60. The molecule has 3 atom stereocenters. The number of hydrogen-bond donors (Lipinski definition) is 1. The highest BCUT2D eigenvalue weighted by Crippen LogP contribution is 2.61. The van der Waals surface area contributed by atoms with Crippen LogP contribution in [0, 0.1) is 23.2 Å². The van der Waals surface area contributed by atoms with E-state index in [4.69, 9.17) is 0 Å². The number of unbranched alkanes of at least 4 members (excludes halogenated alkanes) is 1. The Morgan fingerprint density at radius 3 is 2.80 bits per heavy atom. The van der Waals surface area contributed by atoms with E-state index in [1.165, 1.54) is 19.3 Å². The standard InChI is InChI=1S/C24H34N4O2/c1-5-6-12-27(4)23(30)19-15-28-20(8-7-9-21(28)26-19)22(29)25-14-16-10-11-17-13-18(16)24(17,2)3/h7-9,15-18H,5-6,10-14H2,1-4H3,(H,25,29)/t16-,17-,18-/m0/s1. The maximum atomic E-state index is 13.0. The lowest BCUT2D eigenvalue weighted by atomic mass is 9.45. The third kappa shape index (κ3) is 3.61. The molecule has 3 saturated carbocycles. The van der Waals surface area contributed by atoms with E-state index in [1.54, 1.807) is 28.6 Å². The van der Waals surface area contributed by atoms with E-state index in [9.17, 15) is 9.59 Å². The molecule has 2 aromatic heterocycles. The SMILES string of the molecule is CCCCN(C)C(=O)c1cn2c(C(=O)NC[C@@H]3CC[C@H]4C[C@@H]3C4(C)C)cccc2n1. The molecular formula is C24H34N4O2. The van der Waals surface area contributed by atoms with E-state index in [1.807, 2.05) is 12.1 Å². The first kappa shape index (κ1) is 20.9. The molecule has 30 heavy (non-hydrogen) atoms. The molecule has 3 aliphatic rings. The number of aromatic nitrogens is 2. The van der Waals surface area contributed by atoms with Crippen LogP contribution in [0.5, 0.6) is 0 Å². The Hall–Kier alpha value is -2.37. The predicted molar refractivity (Wildman–Crippen MR) is 117 cm³/mol. The fourth-order valence-electron chi connectivity index (χ4n) is 5.51. The lowest BCUT2D eigenvalue weighted by Crippen LogP contribution is -2.54. The van der Waals surface area contributed by atoms with Gasteiger partial charge in [-0.15, -0.1) is 0 Å². The van der Waals surface area contributed by atoms with Gasteiger partial charge in [0.2, 0.25) is 0 Å². The molecule has 0 spiro atoms. The third-order valence-corrected chi connectivity index (χ3v) is 7.66. The first-order valence-electron chi connectivity index (χ1n) is 11.3. The van der Waals surface area contributed by atoms with Gasteiger partial charge in [0, 0.05) is 26.3 Å². The molecule has 6 heteroatoms. The smallest absolute Gasteiger partial charge is 0.273 e. The number of nitrogens with zero attached hydrogens (tertiary/aromatic N) is 3. The van der Waals surface area contributed by atoms with Gasteiger partial charge < -0.3 is 10.2 Å². The first-order chi connectivity index (χ1) is 14.3. The van der Waals surface area contributed by atoms with Crippen molar-refractivity contribution in [3.8, 4) is 0 Å². The van der Waals surface area contributed by atoms with Gasteiger partial charge in [0.1, 0.15) is 17.0 Å². The van der Waals surface area contributed by atoms with Crippen molar-refractivity contribution in [2.75, 3.05) is 20.1 Å². The van der Waals surface area contributed by atoms with E-state index in [0.717, 1.165) is 25.3 Å². The Balaban J connectivity index is 1.46. The first-order valence-corrected chi connectivity index (χ1v) is 11.3. The van der Waals surface area contributed by atoms with Crippen molar-refractivity contribution in [1.82, 2.24) is 19.6 Å². The normalized spacial score (nSPS) is 24.3. The second-order valence-electron chi connectivity index (χ2n) is 9.75. The van der Waals surface area contributed by atoms with Gasteiger partial charge in [-0.05, 0) is 61.0 Å². The second-order valence-corrected chi connectivity index (χ2v) is 9.75. The van der Waals surface area contributed by atoms with Crippen LogP contribution >= 0.6 is 0 Å². The minimum atomic E-state index is -0.109.